The number of alkyl halides is 1. The molecule has 5 nitrogen and oxygen atoms in total. The zero-order chi connectivity index (χ0) is 19.1. The van der Waals surface area contributed by atoms with Crippen molar-refractivity contribution in [2.24, 2.45) is 24.3 Å². The topological polar surface area (TPSA) is 50.2 Å². The summed E-state index contributed by atoms with van der Waals surface area (Å²) in [6, 6.07) is 7.92. The van der Waals surface area contributed by atoms with E-state index in [0.717, 1.165) is 42.0 Å². The number of para-hydroxylation sites is 2. The summed E-state index contributed by atoms with van der Waals surface area (Å²) in [7, 11) is 1.90. The van der Waals surface area contributed by atoms with Crippen LogP contribution in [0, 0.1) is 17.3 Å². The maximum atomic E-state index is 15.5. The van der Waals surface area contributed by atoms with Crippen LogP contribution in [0.1, 0.15) is 44.1 Å². The SMILES string of the molecule is Cn1ncc2c1Nc1ccccc1N(C(=O)C13CC4CC(CC(F)(C4)C1)C3)C2. The molecule has 2 unspecified atom stereocenters. The van der Waals surface area contributed by atoms with Gasteiger partial charge in [0.05, 0.1) is 29.5 Å². The molecule has 28 heavy (non-hydrogen) atoms. The molecule has 0 spiro atoms. The number of fused-ring (bicyclic) bond motifs is 2. The average molecular weight is 380 g/mol. The van der Waals surface area contributed by atoms with E-state index in [1.165, 1.54) is 0 Å². The lowest BCUT2D eigenvalue weighted by Crippen LogP contribution is -2.59. The van der Waals surface area contributed by atoms with Crippen LogP contribution in [0.2, 0.25) is 0 Å². The first-order chi connectivity index (χ1) is 13.4. The van der Waals surface area contributed by atoms with Crippen LogP contribution in [0.25, 0.3) is 0 Å². The number of amides is 1. The molecule has 2 heterocycles. The molecular weight excluding hydrogens is 355 g/mol. The van der Waals surface area contributed by atoms with Gasteiger partial charge in [0, 0.05) is 12.6 Å². The van der Waals surface area contributed by atoms with Gasteiger partial charge < -0.3 is 10.2 Å². The van der Waals surface area contributed by atoms with Gasteiger partial charge in [-0.05, 0) is 62.5 Å². The molecule has 4 fully saturated rings. The first-order valence-corrected chi connectivity index (χ1v) is 10.3. The van der Waals surface area contributed by atoms with E-state index in [2.05, 4.69) is 10.4 Å². The highest BCUT2D eigenvalue weighted by Gasteiger charge is 2.62. The van der Waals surface area contributed by atoms with Crippen LogP contribution < -0.4 is 10.2 Å². The van der Waals surface area contributed by atoms with Crippen molar-refractivity contribution in [3.05, 3.63) is 36.0 Å². The number of aryl methyl sites for hydroxylation is 1. The van der Waals surface area contributed by atoms with Crippen LogP contribution in [0.3, 0.4) is 0 Å². The molecule has 6 heteroatoms. The van der Waals surface area contributed by atoms with Crippen LogP contribution >= 0.6 is 0 Å². The highest BCUT2D eigenvalue weighted by atomic mass is 19.1. The van der Waals surface area contributed by atoms with Gasteiger partial charge in [0.15, 0.2) is 0 Å². The molecule has 0 saturated heterocycles. The fraction of sp³-hybridized carbons (Fsp3) is 0.545. The molecule has 2 atom stereocenters. The third-order valence-corrected chi connectivity index (χ3v) is 7.48. The molecule has 1 N–H and O–H groups in total. The summed E-state index contributed by atoms with van der Waals surface area (Å²) in [5.41, 5.74) is 1.10. The first-order valence-electron chi connectivity index (χ1n) is 10.3. The number of hydrogen-bond donors (Lipinski definition) is 1. The van der Waals surface area contributed by atoms with E-state index in [1.807, 2.05) is 42.4 Å². The molecule has 1 amide bonds. The molecule has 0 radical (unpaired) electrons. The number of nitrogens with one attached hydrogen (secondary N) is 1. The van der Waals surface area contributed by atoms with Crippen LogP contribution in [0.4, 0.5) is 21.6 Å². The van der Waals surface area contributed by atoms with Gasteiger partial charge in [0.25, 0.3) is 0 Å². The molecule has 4 aliphatic carbocycles. The lowest BCUT2D eigenvalue weighted by atomic mass is 9.48. The van der Waals surface area contributed by atoms with Crippen molar-refractivity contribution < 1.29 is 9.18 Å². The number of rotatable bonds is 1. The number of aromatic nitrogens is 2. The number of carbonyl (C=O) groups is 1. The zero-order valence-corrected chi connectivity index (χ0v) is 16.1. The van der Waals surface area contributed by atoms with Crippen molar-refractivity contribution in [2.75, 3.05) is 10.2 Å². The largest absolute Gasteiger partial charge is 0.338 e. The third kappa shape index (κ3) is 2.23. The van der Waals surface area contributed by atoms with Gasteiger partial charge >= 0.3 is 0 Å². The molecule has 1 aromatic heterocycles. The Balaban J connectivity index is 1.44. The Bertz CT molecular complexity index is 969. The van der Waals surface area contributed by atoms with Gasteiger partial charge in [-0.15, -0.1) is 0 Å². The number of halogens is 1. The van der Waals surface area contributed by atoms with Gasteiger partial charge in [-0.25, -0.2) is 4.39 Å². The van der Waals surface area contributed by atoms with Gasteiger partial charge in [0.2, 0.25) is 5.91 Å². The molecule has 7 rings (SSSR count). The van der Waals surface area contributed by atoms with Crippen molar-refractivity contribution in [1.82, 2.24) is 9.78 Å². The number of nitrogens with zero attached hydrogens (tertiary/aromatic N) is 3. The van der Waals surface area contributed by atoms with E-state index in [1.54, 1.807) is 4.68 Å². The Hall–Kier alpha value is -2.37. The zero-order valence-electron chi connectivity index (χ0n) is 16.1. The monoisotopic (exact) mass is 380 g/mol. The van der Waals surface area contributed by atoms with E-state index in [4.69, 9.17) is 0 Å². The molecule has 1 aromatic carbocycles. The lowest BCUT2D eigenvalue weighted by Gasteiger charge is -2.58. The van der Waals surface area contributed by atoms with Crippen molar-refractivity contribution in [3.63, 3.8) is 0 Å². The minimum Gasteiger partial charge on any atom is -0.338 e. The fourth-order valence-corrected chi connectivity index (χ4v) is 6.83. The highest BCUT2D eigenvalue weighted by molar-refractivity contribution is 6.01. The first kappa shape index (κ1) is 16.6. The Kier molecular flexibility index (Phi) is 3.18. The van der Waals surface area contributed by atoms with E-state index in [-0.39, 0.29) is 5.91 Å². The molecular formula is C22H25FN4O. The molecule has 4 saturated carbocycles. The minimum absolute atomic E-state index is 0.106. The third-order valence-electron chi connectivity index (χ3n) is 7.48. The summed E-state index contributed by atoms with van der Waals surface area (Å²) < 4.78 is 17.3. The van der Waals surface area contributed by atoms with Crippen LogP contribution in [0.5, 0.6) is 0 Å². The Morgan fingerprint density at radius 3 is 2.71 bits per heavy atom. The van der Waals surface area contributed by atoms with Crippen LogP contribution in [-0.4, -0.2) is 21.4 Å². The number of benzene rings is 1. The molecule has 146 valence electrons. The predicted molar refractivity (Wildman–Crippen MR) is 105 cm³/mol. The van der Waals surface area contributed by atoms with Gasteiger partial charge in [-0.2, -0.15) is 5.10 Å². The molecule has 2 aromatic rings. The molecule has 5 aliphatic rings. The van der Waals surface area contributed by atoms with Crippen molar-refractivity contribution in [3.8, 4) is 0 Å². The van der Waals surface area contributed by atoms with Gasteiger partial charge in [-0.3, -0.25) is 9.48 Å². The van der Waals surface area contributed by atoms with Gasteiger partial charge in [0.1, 0.15) is 11.5 Å². The second-order valence-corrected chi connectivity index (χ2v) is 9.57. The summed E-state index contributed by atoms with van der Waals surface area (Å²) in [6.45, 7) is 0.475. The normalized spacial score (nSPS) is 35.1. The Morgan fingerprint density at radius 2 is 1.96 bits per heavy atom. The van der Waals surface area contributed by atoms with E-state index < -0.39 is 11.1 Å². The van der Waals surface area contributed by atoms with Crippen molar-refractivity contribution in [1.29, 1.82) is 0 Å². The standard InChI is InChI=1S/C22H25FN4O/c1-26-19-16(11-24-26)12-27(18-5-3-2-4-17(18)25-19)20(28)21-7-14-6-15(8-21)10-22(23,9-14)13-21/h2-5,11,14-15,25H,6-10,12-13H2,1H3. The van der Waals surface area contributed by atoms with Crippen molar-refractivity contribution in [2.45, 2.75) is 50.7 Å². The fourth-order valence-electron chi connectivity index (χ4n) is 6.83. The summed E-state index contributed by atoms with van der Waals surface area (Å²) in [6.07, 6.45) is 6.33. The number of anilines is 3. The average Bonchev–Trinajstić information content (AvgIpc) is 2.89. The predicted octanol–water partition coefficient (Wildman–Crippen LogP) is 4.32. The van der Waals surface area contributed by atoms with Crippen LogP contribution in [0.15, 0.2) is 30.5 Å². The summed E-state index contributed by atoms with van der Waals surface area (Å²) in [5.74, 6) is 1.75. The summed E-state index contributed by atoms with van der Waals surface area (Å²) >= 11 is 0. The van der Waals surface area contributed by atoms with Crippen LogP contribution in [-0.2, 0) is 18.4 Å². The second kappa shape index (κ2) is 5.37. The number of carbonyl (C=O) groups excluding carboxylic acids is 1. The van der Waals surface area contributed by atoms with E-state index >= 15 is 4.39 Å². The minimum atomic E-state index is -1.14. The van der Waals surface area contributed by atoms with E-state index in [9.17, 15) is 4.79 Å². The maximum absolute atomic E-state index is 15.5. The quantitative estimate of drug-likeness (QED) is 0.802. The highest BCUT2D eigenvalue weighted by Crippen LogP contribution is 2.63. The van der Waals surface area contributed by atoms with E-state index in [0.29, 0.717) is 37.6 Å². The summed E-state index contributed by atoms with van der Waals surface area (Å²) in [4.78, 5) is 15.9. The molecule has 1 aliphatic heterocycles. The van der Waals surface area contributed by atoms with Crippen molar-refractivity contribution >= 4 is 23.1 Å². The molecule has 4 bridgehead atoms. The Morgan fingerprint density at radius 1 is 1.21 bits per heavy atom. The smallest absolute Gasteiger partial charge is 0.233 e. The Labute approximate surface area is 163 Å². The summed E-state index contributed by atoms with van der Waals surface area (Å²) in [5, 5.41) is 7.82. The van der Waals surface area contributed by atoms with Gasteiger partial charge in [-0.1, -0.05) is 12.1 Å². The number of hydrogen-bond acceptors (Lipinski definition) is 3. The maximum Gasteiger partial charge on any atom is 0.233 e. The second-order valence-electron chi connectivity index (χ2n) is 9.57. The lowest BCUT2D eigenvalue weighted by molar-refractivity contribution is -0.158.